The van der Waals surface area contributed by atoms with Gasteiger partial charge in [0.2, 0.25) is 0 Å². The third kappa shape index (κ3) is 9.31. The Hall–Kier alpha value is -0.340. The summed E-state index contributed by atoms with van der Waals surface area (Å²) in [6, 6.07) is 4.28. The summed E-state index contributed by atoms with van der Waals surface area (Å²) in [5.41, 5.74) is 0. The van der Waals surface area contributed by atoms with Gasteiger partial charge in [0.1, 0.15) is 0 Å². The van der Waals surface area contributed by atoms with Crippen LogP contribution in [0.5, 0.6) is 0 Å². The number of guanidine groups is 1. The third-order valence-corrected chi connectivity index (χ3v) is 4.07. The van der Waals surface area contributed by atoms with E-state index in [-0.39, 0.29) is 24.0 Å². The Balaban J connectivity index is 0.00000400. The van der Waals surface area contributed by atoms with Crippen LogP contribution in [-0.2, 0) is 0 Å². The quantitative estimate of drug-likeness (QED) is 0.292. The van der Waals surface area contributed by atoms with Gasteiger partial charge in [0.15, 0.2) is 5.96 Å². The molecule has 1 unspecified atom stereocenters. The van der Waals surface area contributed by atoms with Crippen molar-refractivity contribution < 1.29 is 0 Å². The minimum atomic E-state index is 0. The second-order valence-corrected chi connectivity index (χ2v) is 6.20. The lowest BCUT2D eigenvalue weighted by atomic mass is 10.1. The van der Waals surface area contributed by atoms with Gasteiger partial charge in [0.05, 0.1) is 6.54 Å². The van der Waals surface area contributed by atoms with Crippen molar-refractivity contribution in [1.29, 1.82) is 0 Å². The van der Waals surface area contributed by atoms with Crippen molar-refractivity contribution in [3.63, 3.8) is 0 Å². The Morgan fingerprint density at radius 3 is 2.71 bits per heavy atom. The first-order valence-electron chi connectivity index (χ1n) is 7.33. The summed E-state index contributed by atoms with van der Waals surface area (Å²) in [5.74, 6) is 1.40. The van der Waals surface area contributed by atoms with E-state index < -0.39 is 0 Å². The number of hydrogen-bond donors (Lipinski definition) is 2. The largest absolute Gasteiger partial charge is 0.357 e. The predicted molar refractivity (Wildman–Crippen MR) is 105 cm³/mol. The van der Waals surface area contributed by atoms with Crippen molar-refractivity contribution in [2.45, 2.75) is 26.2 Å². The Kier molecular flexibility index (Phi) is 12.0. The second-order valence-electron chi connectivity index (χ2n) is 5.22. The number of hydrogen-bond acceptors (Lipinski definition) is 3. The monoisotopic (exact) mass is 424 g/mol. The van der Waals surface area contributed by atoms with Crippen LogP contribution in [0.4, 0.5) is 0 Å². The first-order valence-corrected chi connectivity index (χ1v) is 8.21. The average molecular weight is 424 g/mol. The summed E-state index contributed by atoms with van der Waals surface area (Å²) in [6.45, 7) is 8.09. The third-order valence-electron chi connectivity index (χ3n) is 2.97. The molecular formula is C15H29IN4S. The van der Waals surface area contributed by atoms with Crippen LogP contribution in [0.25, 0.3) is 0 Å². The summed E-state index contributed by atoms with van der Waals surface area (Å²) in [5, 5.41) is 8.82. The SMILES string of the molecule is CCNC(=NCC(C)c1cccs1)NCCCN(C)C.I. The molecule has 4 nitrogen and oxygen atoms in total. The van der Waals surface area contributed by atoms with Gasteiger partial charge in [-0.3, -0.25) is 4.99 Å². The van der Waals surface area contributed by atoms with E-state index in [1.54, 1.807) is 11.3 Å². The molecule has 1 atom stereocenters. The highest BCUT2D eigenvalue weighted by molar-refractivity contribution is 14.0. The predicted octanol–water partition coefficient (Wildman–Crippen LogP) is 2.98. The average Bonchev–Trinajstić information content (AvgIpc) is 2.94. The molecule has 0 aliphatic carbocycles. The highest BCUT2D eigenvalue weighted by atomic mass is 127. The molecule has 0 saturated heterocycles. The number of rotatable bonds is 8. The molecule has 1 aromatic heterocycles. The Morgan fingerprint density at radius 1 is 1.38 bits per heavy atom. The Morgan fingerprint density at radius 2 is 2.14 bits per heavy atom. The van der Waals surface area contributed by atoms with E-state index >= 15 is 0 Å². The van der Waals surface area contributed by atoms with Gasteiger partial charge in [-0.2, -0.15) is 0 Å². The van der Waals surface area contributed by atoms with Crippen molar-refractivity contribution in [3.8, 4) is 0 Å². The molecule has 1 heterocycles. The van der Waals surface area contributed by atoms with Gasteiger partial charge in [0, 0.05) is 23.9 Å². The number of thiophene rings is 1. The molecular weight excluding hydrogens is 395 g/mol. The zero-order valence-corrected chi connectivity index (χ0v) is 16.7. The topological polar surface area (TPSA) is 39.7 Å². The molecule has 0 aliphatic heterocycles. The van der Waals surface area contributed by atoms with Gasteiger partial charge >= 0.3 is 0 Å². The van der Waals surface area contributed by atoms with Gasteiger partial charge in [-0.15, -0.1) is 35.3 Å². The summed E-state index contributed by atoms with van der Waals surface area (Å²) in [7, 11) is 4.20. The van der Waals surface area contributed by atoms with E-state index in [4.69, 9.17) is 0 Å². The smallest absolute Gasteiger partial charge is 0.191 e. The standard InChI is InChI=1S/C15H28N4S.HI/c1-5-16-15(17-9-7-10-19(3)4)18-12-13(2)14-8-6-11-20-14;/h6,8,11,13H,5,7,9-10,12H2,1-4H3,(H2,16,17,18);1H. The molecule has 122 valence electrons. The van der Waals surface area contributed by atoms with Crippen LogP contribution in [-0.4, -0.2) is 51.1 Å². The van der Waals surface area contributed by atoms with Gasteiger partial charge in [-0.05, 0) is 45.4 Å². The first kappa shape index (κ1) is 20.7. The van der Waals surface area contributed by atoms with Gasteiger partial charge in [0.25, 0.3) is 0 Å². The minimum absolute atomic E-state index is 0. The Labute approximate surface area is 150 Å². The van der Waals surface area contributed by atoms with E-state index in [9.17, 15) is 0 Å². The molecule has 1 aromatic rings. The lowest BCUT2D eigenvalue weighted by Gasteiger charge is -2.14. The van der Waals surface area contributed by atoms with E-state index in [1.165, 1.54) is 4.88 Å². The van der Waals surface area contributed by atoms with Crippen molar-refractivity contribution in [3.05, 3.63) is 22.4 Å². The molecule has 21 heavy (non-hydrogen) atoms. The zero-order chi connectivity index (χ0) is 14.8. The molecule has 0 amide bonds. The maximum absolute atomic E-state index is 4.67. The second kappa shape index (κ2) is 12.2. The van der Waals surface area contributed by atoms with Crippen molar-refractivity contribution in [2.24, 2.45) is 4.99 Å². The van der Waals surface area contributed by atoms with E-state index in [1.807, 2.05) is 0 Å². The molecule has 2 N–H and O–H groups in total. The van der Waals surface area contributed by atoms with Crippen LogP contribution in [0, 0.1) is 0 Å². The molecule has 0 bridgehead atoms. The number of halogens is 1. The zero-order valence-electron chi connectivity index (χ0n) is 13.6. The number of nitrogens with zero attached hydrogens (tertiary/aromatic N) is 2. The van der Waals surface area contributed by atoms with Crippen LogP contribution in [0.2, 0.25) is 0 Å². The van der Waals surface area contributed by atoms with Crippen LogP contribution >= 0.6 is 35.3 Å². The van der Waals surface area contributed by atoms with E-state index in [2.05, 4.69) is 66.0 Å². The summed E-state index contributed by atoms with van der Waals surface area (Å²) in [6.07, 6.45) is 1.12. The Bertz CT molecular complexity index is 379. The van der Waals surface area contributed by atoms with Gasteiger partial charge in [-0.1, -0.05) is 13.0 Å². The van der Waals surface area contributed by atoms with Gasteiger partial charge < -0.3 is 15.5 Å². The van der Waals surface area contributed by atoms with E-state index in [0.717, 1.165) is 38.6 Å². The number of nitrogens with one attached hydrogen (secondary N) is 2. The molecule has 0 aliphatic rings. The molecule has 0 spiro atoms. The van der Waals surface area contributed by atoms with Crippen LogP contribution in [0.15, 0.2) is 22.5 Å². The minimum Gasteiger partial charge on any atom is -0.357 e. The van der Waals surface area contributed by atoms with Crippen LogP contribution < -0.4 is 10.6 Å². The van der Waals surface area contributed by atoms with Crippen molar-refractivity contribution in [2.75, 3.05) is 40.3 Å². The molecule has 1 rings (SSSR count). The molecule has 6 heteroatoms. The highest BCUT2D eigenvalue weighted by Crippen LogP contribution is 2.20. The molecule has 0 saturated carbocycles. The van der Waals surface area contributed by atoms with E-state index in [0.29, 0.717) is 5.92 Å². The summed E-state index contributed by atoms with van der Waals surface area (Å²) in [4.78, 5) is 8.27. The lowest BCUT2D eigenvalue weighted by Crippen LogP contribution is -2.38. The van der Waals surface area contributed by atoms with Crippen LogP contribution in [0.3, 0.4) is 0 Å². The molecule has 0 fully saturated rings. The lowest BCUT2D eigenvalue weighted by molar-refractivity contribution is 0.399. The first-order chi connectivity index (χ1) is 9.63. The summed E-state index contributed by atoms with van der Waals surface area (Å²) >= 11 is 1.81. The fourth-order valence-corrected chi connectivity index (χ4v) is 2.61. The highest BCUT2D eigenvalue weighted by Gasteiger charge is 2.06. The fourth-order valence-electron chi connectivity index (χ4n) is 1.83. The van der Waals surface area contributed by atoms with Gasteiger partial charge in [-0.25, -0.2) is 0 Å². The fraction of sp³-hybridized carbons (Fsp3) is 0.667. The van der Waals surface area contributed by atoms with Crippen molar-refractivity contribution in [1.82, 2.24) is 15.5 Å². The van der Waals surface area contributed by atoms with Crippen LogP contribution in [0.1, 0.15) is 31.1 Å². The molecule has 0 radical (unpaired) electrons. The number of aliphatic imine (C=N–C) groups is 1. The summed E-state index contributed by atoms with van der Waals surface area (Å²) < 4.78 is 0. The van der Waals surface area contributed by atoms with Crippen molar-refractivity contribution >= 4 is 41.3 Å². The maximum atomic E-state index is 4.67. The molecule has 0 aromatic carbocycles. The maximum Gasteiger partial charge on any atom is 0.191 e. The normalized spacial score (nSPS) is 12.9.